The fourth-order valence-electron chi connectivity index (χ4n) is 3.63. The summed E-state index contributed by atoms with van der Waals surface area (Å²) in [7, 11) is 4.43. The molecule has 1 heterocycles. The van der Waals surface area contributed by atoms with E-state index in [1.54, 1.807) is 0 Å². The topological polar surface area (TPSA) is 32.5 Å². The van der Waals surface area contributed by atoms with Crippen LogP contribution in [0.4, 0.5) is 0 Å². The first-order valence-corrected chi connectivity index (χ1v) is 7.78. The van der Waals surface area contributed by atoms with Gasteiger partial charge in [-0.2, -0.15) is 0 Å². The normalized spacial score (nSPS) is 32.0. The first kappa shape index (κ1) is 14.3. The maximum absolute atomic E-state index is 5.76. The number of rotatable bonds is 4. The molecule has 0 unspecified atom stereocenters. The minimum absolute atomic E-state index is 0.814. The third-order valence-corrected chi connectivity index (χ3v) is 5.10. The van der Waals surface area contributed by atoms with Crippen LogP contribution in [-0.2, 0) is 0 Å². The van der Waals surface area contributed by atoms with Crippen molar-refractivity contribution in [3.8, 4) is 0 Å². The van der Waals surface area contributed by atoms with Crippen LogP contribution in [0.5, 0.6) is 0 Å². The van der Waals surface area contributed by atoms with Gasteiger partial charge in [-0.15, -0.1) is 0 Å². The summed E-state index contributed by atoms with van der Waals surface area (Å²) in [5, 5.41) is 0. The van der Waals surface area contributed by atoms with Gasteiger partial charge in [-0.05, 0) is 84.1 Å². The molecule has 0 radical (unpaired) electrons. The highest BCUT2D eigenvalue weighted by atomic mass is 15.2. The van der Waals surface area contributed by atoms with Gasteiger partial charge in [0, 0.05) is 12.6 Å². The zero-order valence-corrected chi connectivity index (χ0v) is 12.3. The van der Waals surface area contributed by atoms with E-state index in [1.807, 2.05) is 0 Å². The summed E-state index contributed by atoms with van der Waals surface area (Å²) in [5.41, 5.74) is 5.76. The quantitative estimate of drug-likeness (QED) is 0.829. The molecule has 1 aliphatic heterocycles. The maximum atomic E-state index is 5.76. The first-order chi connectivity index (χ1) is 8.69. The number of hydrogen-bond donors (Lipinski definition) is 1. The molecule has 1 saturated heterocycles. The molecule has 0 aromatic rings. The van der Waals surface area contributed by atoms with Gasteiger partial charge in [0.15, 0.2) is 0 Å². The highest BCUT2D eigenvalue weighted by Crippen LogP contribution is 2.29. The lowest BCUT2D eigenvalue weighted by Crippen LogP contribution is -2.44. The molecular weight excluding hydrogens is 222 g/mol. The minimum atomic E-state index is 0.814. The smallest absolute Gasteiger partial charge is 0.0113 e. The Morgan fingerprint density at radius 2 is 1.50 bits per heavy atom. The van der Waals surface area contributed by atoms with Crippen molar-refractivity contribution in [1.29, 1.82) is 0 Å². The van der Waals surface area contributed by atoms with Gasteiger partial charge >= 0.3 is 0 Å². The Kier molecular flexibility index (Phi) is 5.46. The van der Waals surface area contributed by atoms with Crippen LogP contribution >= 0.6 is 0 Å². The molecule has 0 aromatic carbocycles. The summed E-state index contributed by atoms with van der Waals surface area (Å²) in [4.78, 5) is 5.09. The second kappa shape index (κ2) is 6.88. The van der Waals surface area contributed by atoms with Crippen LogP contribution in [0.3, 0.4) is 0 Å². The van der Waals surface area contributed by atoms with Gasteiger partial charge in [0.05, 0.1) is 0 Å². The zero-order valence-electron chi connectivity index (χ0n) is 12.3. The van der Waals surface area contributed by atoms with Crippen molar-refractivity contribution in [2.24, 2.45) is 17.6 Å². The molecule has 2 rings (SSSR count). The number of nitrogens with two attached hydrogens (primary N) is 1. The van der Waals surface area contributed by atoms with E-state index in [1.165, 1.54) is 58.2 Å². The molecule has 2 fully saturated rings. The maximum Gasteiger partial charge on any atom is 0.0113 e. The van der Waals surface area contributed by atoms with E-state index in [0.29, 0.717) is 0 Å². The van der Waals surface area contributed by atoms with Crippen molar-refractivity contribution in [1.82, 2.24) is 9.80 Å². The van der Waals surface area contributed by atoms with E-state index in [4.69, 9.17) is 5.73 Å². The van der Waals surface area contributed by atoms with E-state index in [0.717, 1.165) is 24.4 Å². The monoisotopic (exact) mass is 253 g/mol. The third-order valence-electron chi connectivity index (χ3n) is 5.10. The Hall–Kier alpha value is -0.120. The number of hydrogen-bond acceptors (Lipinski definition) is 3. The fraction of sp³-hybridized carbons (Fsp3) is 1.00. The summed E-state index contributed by atoms with van der Waals surface area (Å²) in [6, 6.07) is 0.814. The summed E-state index contributed by atoms with van der Waals surface area (Å²) in [6.07, 6.45) is 8.27. The number of likely N-dealkylation sites (tertiary alicyclic amines) is 1. The molecule has 2 aliphatic rings. The molecule has 0 bridgehead atoms. The summed E-state index contributed by atoms with van der Waals surface area (Å²) in [5.74, 6) is 1.77. The van der Waals surface area contributed by atoms with Gasteiger partial charge in [-0.3, -0.25) is 0 Å². The van der Waals surface area contributed by atoms with Crippen molar-refractivity contribution >= 4 is 0 Å². The number of nitrogens with zero attached hydrogens (tertiary/aromatic N) is 2. The largest absolute Gasteiger partial charge is 0.330 e. The number of piperidine rings is 1. The Bertz CT molecular complexity index is 226. The van der Waals surface area contributed by atoms with Crippen LogP contribution in [-0.4, -0.2) is 56.1 Å². The lowest BCUT2D eigenvalue weighted by Gasteiger charge is -2.38. The molecule has 0 amide bonds. The average molecular weight is 253 g/mol. The lowest BCUT2D eigenvalue weighted by molar-refractivity contribution is 0.116. The van der Waals surface area contributed by atoms with Crippen molar-refractivity contribution in [2.75, 3.05) is 40.3 Å². The van der Waals surface area contributed by atoms with Crippen LogP contribution in [0, 0.1) is 11.8 Å². The molecule has 106 valence electrons. The van der Waals surface area contributed by atoms with E-state index in [-0.39, 0.29) is 0 Å². The van der Waals surface area contributed by atoms with E-state index >= 15 is 0 Å². The highest BCUT2D eigenvalue weighted by molar-refractivity contribution is 4.80. The first-order valence-electron chi connectivity index (χ1n) is 7.78. The van der Waals surface area contributed by atoms with Crippen LogP contribution in [0.1, 0.15) is 38.5 Å². The summed E-state index contributed by atoms with van der Waals surface area (Å²) >= 11 is 0. The Morgan fingerprint density at radius 1 is 0.944 bits per heavy atom. The standard InChI is InChI=1S/C15H31N3/c1-17(2)15-7-9-18(10-8-15)12-14-5-3-13(11-16)4-6-14/h13-15H,3-12,16H2,1-2H3. The molecule has 2 N–H and O–H groups in total. The molecule has 18 heavy (non-hydrogen) atoms. The average Bonchev–Trinajstić information content (AvgIpc) is 2.40. The van der Waals surface area contributed by atoms with Crippen molar-refractivity contribution in [3.05, 3.63) is 0 Å². The van der Waals surface area contributed by atoms with Gasteiger partial charge in [-0.1, -0.05) is 0 Å². The minimum Gasteiger partial charge on any atom is -0.330 e. The van der Waals surface area contributed by atoms with Crippen molar-refractivity contribution < 1.29 is 0 Å². The summed E-state index contributed by atoms with van der Waals surface area (Å²) in [6.45, 7) is 4.86. The fourth-order valence-corrected chi connectivity index (χ4v) is 3.63. The Morgan fingerprint density at radius 3 is 2.00 bits per heavy atom. The Balaban J connectivity index is 1.66. The molecule has 1 saturated carbocycles. The second-order valence-corrected chi connectivity index (χ2v) is 6.62. The van der Waals surface area contributed by atoms with Gasteiger partial charge < -0.3 is 15.5 Å². The summed E-state index contributed by atoms with van der Waals surface area (Å²) < 4.78 is 0. The molecular formula is C15H31N3. The van der Waals surface area contributed by atoms with Crippen LogP contribution < -0.4 is 5.73 Å². The predicted molar refractivity (Wildman–Crippen MR) is 77.7 cm³/mol. The van der Waals surface area contributed by atoms with Crippen molar-refractivity contribution in [2.45, 2.75) is 44.6 Å². The molecule has 0 spiro atoms. The molecule has 0 atom stereocenters. The van der Waals surface area contributed by atoms with Gasteiger partial charge in [0.1, 0.15) is 0 Å². The Labute approximate surface area is 113 Å². The molecule has 3 heteroatoms. The highest BCUT2D eigenvalue weighted by Gasteiger charge is 2.25. The predicted octanol–water partition coefficient (Wildman–Crippen LogP) is 1.78. The molecule has 1 aliphatic carbocycles. The second-order valence-electron chi connectivity index (χ2n) is 6.62. The van der Waals surface area contributed by atoms with Crippen molar-refractivity contribution in [3.63, 3.8) is 0 Å². The molecule has 3 nitrogen and oxygen atoms in total. The van der Waals surface area contributed by atoms with Gasteiger partial charge in [0.2, 0.25) is 0 Å². The van der Waals surface area contributed by atoms with E-state index in [9.17, 15) is 0 Å². The zero-order chi connectivity index (χ0) is 13.0. The van der Waals surface area contributed by atoms with Gasteiger partial charge in [0.25, 0.3) is 0 Å². The van der Waals surface area contributed by atoms with Crippen LogP contribution in [0.2, 0.25) is 0 Å². The van der Waals surface area contributed by atoms with E-state index < -0.39 is 0 Å². The SMILES string of the molecule is CN(C)C1CCN(CC2CCC(CN)CC2)CC1. The van der Waals surface area contributed by atoms with E-state index in [2.05, 4.69) is 23.9 Å². The molecule has 0 aromatic heterocycles. The third kappa shape index (κ3) is 3.94. The lowest BCUT2D eigenvalue weighted by atomic mass is 9.81. The van der Waals surface area contributed by atoms with Crippen LogP contribution in [0.25, 0.3) is 0 Å². The van der Waals surface area contributed by atoms with Crippen LogP contribution in [0.15, 0.2) is 0 Å². The van der Waals surface area contributed by atoms with Gasteiger partial charge in [-0.25, -0.2) is 0 Å².